The molecule has 1 aliphatic rings. The molecule has 120 valence electrons. The van der Waals surface area contributed by atoms with Gasteiger partial charge in [0.05, 0.1) is 10.3 Å². The smallest absolute Gasteiger partial charge is 0.240 e. The summed E-state index contributed by atoms with van der Waals surface area (Å²) in [6.45, 7) is 4.00. The Labute approximate surface area is 150 Å². The molecule has 0 fully saturated rings. The van der Waals surface area contributed by atoms with Gasteiger partial charge in [0.15, 0.2) is 0 Å². The van der Waals surface area contributed by atoms with E-state index in [1.54, 1.807) is 18.2 Å². The number of nitrogens with zero attached hydrogens (tertiary/aromatic N) is 1. The van der Waals surface area contributed by atoms with Crippen molar-refractivity contribution < 1.29 is 4.79 Å². The molecule has 0 spiro atoms. The highest BCUT2D eigenvalue weighted by Crippen LogP contribution is 2.37. The predicted octanol–water partition coefficient (Wildman–Crippen LogP) is 5.45. The van der Waals surface area contributed by atoms with Crippen molar-refractivity contribution in [2.75, 3.05) is 4.90 Å². The Bertz CT molecular complexity index is 750. The average Bonchev–Trinajstić information content (AvgIpc) is 2.86. The van der Waals surface area contributed by atoms with Gasteiger partial charge in [-0.3, -0.25) is 4.79 Å². The zero-order valence-corrected chi connectivity index (χ0v) is 15.3. The molecule has 0 N–H and O–H groups in total. The van der Waals surface area contributed by atoms with E-state index in [4.69, 9.17) is 23.2 Å². The predicted molar refractivity (Wildman–Crippen MR) is 98.9 cm³/mol. The zero-order valence-electron chi connectivity index (χ0n) is 12.9. The summed E-state index contributed by atoms with van der Waals surface area (Å²) < 4.78 is 0. The summed E-state index contributed by atoms with van der Waals surface area (Å²) in [4.78, 5) is 15.7. The summed E-state index contributed by atoms with van der Waals surface area (Å²) in [7, 11) is 0. The Morgan fingerprint density at radius 1 is 1.26 bits per heavy atom. The van der Waals surface area contributed by atoms with E-state index < -0.39 is 0 Å². The highest BCUT2D eigenvalue weighted by atomic mass is 35.5. The van der Waals surface area contributed by atoms with Crippen LogP contribution in [-0.2, 0) is 11.2 Å². The zero-order chi connectivity index (χ0) is 16.6. The lowest BCUT2D eigenvalue weighted by Gasteiger charge is -2.26. The number of hydrogen-bond donors (Lipinski definition) is 0. The van der Waals surface area contributed by atoms with Crippen molar-refractivity contribution in [2.24, 2.45) is 0 Å². The third-order valence-corrected chi connectivity index (χ3v) is 5.81. The maximum Gasteiger partial charge on any atom is 0.240 e. The minimum Gasteiger partial charge on any atom is -0.308 e. The van der Waals surface area contributed by atoms with Crippen LogP contribution in [-0.4, -0.2) is 17.2 Å². The molecule has 1 amide bonds. The number of para-hydroxylation sites is 1. The van der Waals surface area contributed by atoms with Crippen molar-refractivity contribution in [1.29, 1.82) is 0 Å². The molecule has 23 heavy (non-hydrogen) atoms. The summed E-state index contributed by atoms with van der Waals surface area (Å²) in [6.07, 6.45) is 0.900. The molecule has 1 aliphatic heterocycles. The van der Waals surface area contributed by atoms with Crippen LogP contribution in [0.2, 0.25) is 10.0 Å². The highest BCUT2D eigenvalue weighted by Gasteiger charge is 2.33. The van der Waals surface area contributed by atoms with Crippen LogP contribution in [0, 0.1) is 0 Å². The van der Waals surface area contributed by atoms with Crippen LogP contribution in [0.3, 0.4) is 0 Å². The summed E-state index contributed by atoms with van der Waals surface area (Å²) in [5, 5.41) is 1.00. The molecule has 0 saturated heterocycles. The fourth-order valence-electron chi connectivity index (χ4n) is 2.91. The monoisotopic (exact) mass is 365 g/mol. The summed E-state index contributed by atoms with van der Waals surface area (Å²) in [6, 6.07) is 13.6. The number of carbonyl (C=O) groups excluding carboxylic acids is 1. The van der Waals surface area contributed by atoms with Crippen LogP contribution in [0.5, 0.6) is 0 Å². The molecule has 0 unspecified atom stereocenters. The maximum absolute atomic E-state index is 12.9. The topological polar surface area (TPSA) is 20.3 Å². The Morgan fingerprint density at radius 3 is 2.78 bits per heavy atom. The number of anilines is 1. The van der Waals surface area contributed by atoms with Crippen molar-refractivity contribution in [2.45, 2.75) is 36.5 Å². The van der Waals surface area contributed by atoms with Gasteiger partial charge in [0.1, 0.15) is 0 Å². The van der Waals surface area contributed by atoms with Crippen LogP contribution in [0.25, 0.3) is 0 Å². The number of fused-ring (bicyclic) bond motifs is 1. The Kier molecular flexibility index (Phi) is 4.90. The Hall–Kier alpha value is -1.16. The van der Waals surface area contributed by atoms with E-state index >= 15 is 0 Å². The number of carbonyl (C=O) groups is 1. The lowest BCUT2D eigenvalue weighted by molar-refractivity contribution is -0.118. The first-order chi connectivity index (χ1) is 11.0. The fourth-order valence-corrected chi connectivity index (χ4v) is 4.36. The van der Waals surface area contributed by atoms with Crippen LogP contribution < -0.4 is 4.90 Å². The van der Waals surface area contributed by atoms with Crippen molar-refractivity contribution >= 4 is 46.6 Å². The first kappa shape index (κ1) is 16.7. The first-order valence-corrected chi connectivity index (χ1v) is 9.13. The van der Waals surface area contributed by atoms with Gasteiger partial charge in [-0.2, -0.15) is 0 Å². The second kappa shape index (κ2) is 6.76. The van der Waals surface area contributed by atoms with Crippen LogP contribution in [0.1, 0.15) is 19.4 Å². The van der Waals surface area contributed by atoms with Gasteiger partial charge in [-0.05, 0) is 50.1 Å². The van der Waals surface area contributed by atoms with Gasteiger partial charge in [0.2, 0.25) is 5.91 Å². The van der Waals surface area contributed by atoms with Crippen LogP contribution in [0.4, 0.5) is 5.69 Å². The average molecular weight is 366 g/mol. The Balaban J connectivity index is 1.81. The number of amides is 1. The molecule has 0 aliphatic carbocycles. The van der Waals surface area contributed by atoms with E-state index in [2.05, 4.69) is 13.0 Å². The quantitative estimate of drug-likeness (QED) is 0.673. The second-order valence-electron chi connectivity index (χ2n) is 5.72. The largest absolute Gasteiger partial charge is 0.308 e. The van der Waals surface area contributed by atoms with Gasteiger partial charge >= 0.3 is 0 Å². The molecule has 2 atom stereocenters. The normalized spacial score (nSPS) is 17.9. The first-order valence-electron chi connectivity index (χ1n) is 7.50. The molecule has 0 aromatic heterocycles. The lowest BCUT2D eigenvalue weighted by atomic mass is 10.1. The standard InChI is InChI=1S/C18H17Cl2NOS/c1-11-9-13-5-3-4-6-16(13)21(11)18(22)12(2)23-17-10-14(19)7-8-15(17)20/h3-8,10-12H,9H2,1-2H3/t11-,12+/m0/s1. The van der Waals surface area contributed by atoms with E-state index in [1.807, 2.05) is 30.0 Å². The van der Waals surface area contributed by atoms with Crippen LogP contribution >= 0.6 is 35.0 Å². The maximum atomic E-state index is 12.9. The van der Waals surface area contributed by atoms with Gasteiger partial charge < -0.3 is 4.90 Å². The van der Waals surface area contributed by atoms with Gasteiger partial charge in [-0.25, -0.2) is 0 Å². The molecule has 3 rings (SSSR count). The number of rotatable bonds is 3. The van der Waals surface area contributed by atoms with Crippen molar-refractivity contribution in [3.63, 3.8) is 0 Å². The third kappa shape index (κ3) is 3.37. The van der Waals surface area contributed by atoms with Crippen molar-refractivity contribution in [3.05, 3.63) is 58.1 Å². The molecule has 1 heterocycles. The molecule has 2 aromatic rings. The summed E-state index contributed by atoms with van der Waals surface area (Å²) >= 11 is 13.7. The number of benzene rings is 2. The van der Waals surface area contributed by atoms with E-state index in [0.717, 1.165) is 17.0 Å². The number of thioether (sulfide) groups is 1. The van der Waals surface area contributed by atoms with E-state index in [-0.39, 0.29) is 17.2 Å². The Morgan fingerprint density at radius 2 is 2.00 bits per heavy atom. The molecular formula is C18H17Cl2NOS. The summed E-state index contributed by atoms with van der Waals surface area (Å²) in [5.74, 6) is 0.100. The van der Waals surface area contributed by atoms with E-state index in [9.17, 15) is 4.79 Å². The molecule has 0 bridgehead atoms. The van der Waals surface area contributed by atoms with Gasteiger partial charge in [0.25, 0.3) is 0 Å². The summed E-state index contributed by atoms with van der Waals surface area (Å²) in [5.41, 5.74) is 2.25. The van der Waals surface area contributed by atoms with Gasteiger partial charge in [-0.15, -0.1) is 11.8 Å². The van der Waals surface area contributed by atoms with Crippen molar-refractivity contribution in [1.82, 2.24) is 0 Å². The molecule has 0 radical (unpaired) electrons. The third-order valence-electron chi connectivity index (χ3n) is 3.99. The van der Waals surface area contributed by atoms with Gasteiger partial charge in [0, 0.05) is 21.6 Å². The lowest BCUT2D eigenvalue weighted by Crippen LogP contribution is -2.40. The van der Waals surface area contributed by atoms with E-state index in [1.165, 1.54) is 17.3 Å². The molecule has 0 saturated carbocycles. The fraction of sp³-hybridized carbons (Fsp3) is 0.278. The molecule has 2 nitrogen and oxygen atoms in total. The van der Waals surface area contributed by atoms with Crippen molar-refractivity contribution in [3.8, 4) is 0 Å². The molecule has 5 heteroatoms. The number of halogens is 2. The minimum absolute atomic E-state index is 0.100. The number of hydrogen-bond acceptors (Lipinski definition) is 2. The van der Waals surface area contributed by atoms with Gasteiger partial charge in [-0.1, -0.05) is 41.4 Å². The molecule has 2 aromatic carbocycles. The highest BCUT2D eigenvalue weighted by molar-refractivity contribution is 8.00. The van der Waals surface area contributed by atoms with E-state index in [0.29, 0.717) is 10.0 Å². The SMILES string of the molecule is C[C@@H](Sc1cc(Cl)ccc1Cl)C(=O)N1c2ccccc2C[C@@H]1C. The molecular weight excluding hydrogens is 349 g/mol. The van der Waals surface area contributed by atoms with Crippen LogP contribution in [0.15, 0.2) is 47.4 Å². The minimum atomic E-state index is -0.237. The second-order valence-corrected chi connectivity index (χ2v) is 7.95.